The van der Waals surface area contributed by atoms with Crippen LogP contribution in [0.4, 0.5) is 4.39 Å². The van der Waals surface area contributed by atoms with Gasteiger partial charge in [0.1, 0.15) is 30.5 Å². The molecule has 0 fully saturated rings. The molecular weight excluding hydrogens is 597 g/mol. The molecule has 0 unspecified atom stereocenters. The van der Waals surface area contributed by atoms with E-state index >= 15 is 0 Å². The van der Waals surface area contributed by atoms with Crippen LogP contribution in [0, 0.1) is 19.7 Å². The molecule has 3 heterocycles. The van der Waals surface area contributed by atoms with Gasteiger partial charge in [0.2, 0.25) is 0 Å². The highest BCUT2D eigenvalue weighted by Crippen LogP contribution is 2.39. The summed E-state index contributed by atoms with van der Waals surface area (Å²) in [7, 11) is 0. The lowest BCUT2D eigenvalue weighted by molar-refractivity contribution is -0.166. The van der Waals surface area contributed by atoms with Crippen molar-refractivity contribution in [2.24, 2.45) is 0 Å². The van der Waals surface area contributed by atoms with E-state index in [4.69, 9.17) is 29.0 Å². The van der Waals surface area contributed by atoms with E-state index in [9.17, 15) is 9.18 Å². The summed E-state index contributed by atoms with van der Waals surface area (Å²) >= 11 is 0. The van der Waals surface area contributed by atoms with E-state index in [1.54, 1.807) is 17.5 Å². The summed E-state index contributed by atoms with van der Waals surface area (Å²) in [5, 5.41) is 5.07. The molecule has 5 aromatic rings. The maximum atomic E-state index is 14.3. The number of fused-ring (bicyclic) bond motifs is 9. The van der Waals surface area contributed by atoms with Crippen molar-refractivity contribution < 1.29 is 28.1 Å². The highest BCUT2D eigenvalue weighted by Gasteiger charge is 2.34. The minimum Gasteiger partial charge on any atom is -0.489 e. The normalized spacial score (nSPS) is 14.4. The largest absolute Gasteiger partial charge is 0.489 e. The predicted octanol–water partition coefficient (Wildman–Crippen LogP) is 8.23. The number of nitrogens with zero attached hydrogens (tertiary/aromatic N) is 3. The topological polar surface area (TPSA) is 84.2 Å². The Hall–Kier alpha value is -5.02. The second kappa shape index (κ2) is 13.0. The van der Waals surface area contributed by atoms with Crippen molar-refractivity contribution >= 4 is 11.6 Å². The summed E-state index contributed by atoms with van der Waals surface area (Å²) in [6, 6.07) is 20.2. The van der Waals surface area contributed by atoms with Gasteiger partial charge in [-0.25, -0.2) is 18.7 Å². The number of ether oxygens (including phenoxy) is 4. The van der Waals surface area contributed by atoms with Crippen LogP contribution in [0.1, 0.15) is 50.6 Å². The summed E-state index contributed by atoms with van der Waals surface area (Å²) in [4.78, 5) is 18.5. The number of carbonyl (C=O) groups excluding carboxylic acids is 1. The van der Waals surface area contributed by atoms with Crippen LogP contribution in [0.5, 0.6) is 11.5 Å². The number of aromatic nitrogens is 3. The van der Waals surface area contributed by atoms with Crippen molar-refractivity contribution in [1.82, 2.24) is 14.6 Å². The molecule has 1 atom stereocenters. The van der Waals surface area contributed by atoms with Gasteiger partial charge in [-0.05, 0) is 89.1 Å². The van der Waals surface area contributed by atoms with Gasteiger partial charge in [0, 0.05) is 40.1 Å². The Morgan fingerprint density at radius 3 is 2.43 bits per heavy atom. The van der Waals surface area contributed by atoms with Crippen molar-refractivity contribution in [1.29, 1.82) is 0 Å². The van der Waals surface area contributed by atoms with Gasteiger partial charge in [-0.3, -0.25) is 0 Å². The van der Waals surface area contributed by atoms with Gasteiger partial charge < -0.3 is 18.9 Å². The maximum Gasteiger partial charge on any atom is 0.340 e. The van der Waals surface area contributed by atoms with E-state index in [0.717, 1.165) is 27.8 Å². The van der Waals surface area contributed by atoms with E-state index in [-0.39, 0.29) is 25.6 Å². The molecule has 242 valence electrons. The molecule has 2 aromatic heterocycles. The van der Waals surface area contributed by atoms with E-state index in [1.807, 2.05) is 95.3 Å². The molecule has 1 aliphatic rings. The molecule has 9 heteroatoms. The quantitative estimate of drug-likeness (QED) is 0.145. The molecule has 0 aliphatic carbocycles. The van der Waals surface area contributed by atoms with Gasteiger partial charge >= 0.3 is 5.97 Å². The molecule has 6 rings (SSSR count). The Labute approximate surface area is 273 Å². The number of esters is 1. The zero-order chi connectivity index (χ0) is 33.3. The Bertz CT molecular complexity index is 1990. The third kappa shape index (κ3) is 6.76. The third-order valence-corrected chi connectivity index (χ3v) is 7.78. The average Bonchev–Trinajstić information content (AvgIpc) is 3.45. The number of benzene rings is 3. The van der Waals surface area contributed by atoms with Crippen LogP contribution in [0.15, 0.2) is 78.9 Å². The van der Waals surface area contributed by atoms with Crippen LogP contribution in [-0.4, -0.2) is 46.0 Å². The van der Waals surface area contributed by atoms with Crippen molar-refractivity contribution in [2.45, 2.75) is 53.2 Å². The van der Waals surface area contributed by atoms with Crippen molar-refractivity contribution in [2.75, 3.05) is 19.8 Å². The van der Waals surface area contributed by atoms with E-state index < -0.39 is 17.7 Å². The number of hydrogen-bond donors (Lipinski definition) is 0. The lowest BCUT2D eigenvalue weighted by atomic mass is 9.98. The second-order valence-corrected chi connectivity index (χ2v) is 12.4. The molecule has 0 saturated heterocycles. The standard InChI is InChI=1S/C38H38FN3O5/c1-7-44-37(43)36(47-38(4,5)6)34-24(3)40-33-22-30-26-12-10-11-25(19-26)29-16-15-28(39)21-32(29)46-18-9-8-17-45-31-20-27(14-13-23(31)2)35(34)42(33)41-30/h8-16,19-22,36H,7,17-18H2,1-6H3/b9-8+/t36-/m0/s1. The molecule has 0 saturated carbocycles. The molecule has 0 N–H and O–H groups in total. The van der Waals surface area contributed by atoms with Crippen molar-refractivity contribution in [3.05, 3.63) is 102 Å². The van der Waals surface area contributed by atoms with Gasteiger partial charge in [0.15, 0.2) is 11.8 Å². The van der Waals surface area contributed by atoms with E-state index in [1.165, 1.54) is 12.1 Å². The highest BCUT2D eigenvalue weighted by molar-refractivity contribution is 5.83. The zero-order valence-electron chi connectivity index (χ0n) is 27.5. The molecule has 6 bridgehead atoms. The van der Waals surface area contributed by atoms with Crippen molar-refractivity contribution in [3.8, 4) is 45.1 Å². The number of rotatable bonds is 4. The summed E-state index contributed by atoms with van der Waals surface area (Å²) in [6.45, 7) is 12.0. The van der Waals surface area contributed by atoms with Crippen LogP contribution in [0.3, 0.4) is 0 Å². The van der Waals surface area contributed by atoms with E-state index in [0.29, 0.717) is 39.8 Å². The average molecular weight is 636 g/mol. The Morgan fingerprint density at radius 2 is 1.68 bits per heavy atom. The Balaban J connectivity index is 1.64. The molecule has 0 amide bonds. The summed E-state index contributed by atoms with van der Waals surface area (Å²) in [5.74, 6) is 0.208. The molecule has 3 aromatic carbocycles. The third-order valence-electron chi connectivity index (χ3n) is 7.78. The lowest BCUT2D eigenvalue weighted by Gasteiger charge is -2.28. The van der Waals surface area contributed by atoms with Crippen LogP contribution in [0.25, 0.3) is 39.3 Å². The summed E-state index contributed by atoms with van der Waals surface area (Å²) < 4.78 is 40.2. The molecule has 1 aliphatic heterocycles. The maximum absolute atomic E-state index is 14.3. The van der Waals surface area contributed by atoms with Gasteiger partial charge in [0.25, 0.3) is 0 Å². The van der Waals surface area contributed by atoms with Gasteiger partial charge in [-0.1, -0.05) is 30.3 Å². The first-order chi connectivity index (χ1) is 22.5. The van der Waals surface area contributed by atoms with Gasteiger partial charge in [-0.2, -0.15) is 5.10 Å². The lowest BCUT2D eigenvalue weighted by Crippen LogP contribution is -2.30. The highest BCUT2D eigenvalue weighted by atomic mass is 19.1. The minimum absolute atomic E-state index is 0.200. The Kier molecular flexibility index (Phi) is 8.84. The summed E-state index contributed by atoms with van der Waals surface area (Å²) in [5.41, 5.74) is 6.54. The smallest absolute Gasteiger partial charge is 0.340 e. The zero-order valence-corrected chi connectivity index (χ0v) is 27.5. The van der Waals surface area contributed by atoms with Crippen molar-refractivity contribution in [3.63, 3.8) is 0 Å². The minimum atomic E-state index is -1.07. The molecule has 0 radical (unpaired) electrons. The van der Waals surface area contributed by atoms with E-state index in [2.05, 4.69) is 0 Å². The van der Waals surface area contributed by atoms with Crippen LogP contribution in [0.2, 0.25) is 0 Å². The fraction of sp³-hybridized carbons (Fsp3) is 0.289. The van der Waals surface area contributed by atoms with Crippen LogP contribution < -0.4 is 9.47 Å². The first-order valence-corrected chi connectivity index (χ1v) is 15.7. The molecule has 47 heavy (non-hydrogen) atoms. The SMILES string of the molecule is CCOC(=O)[C@@H](OC(C)(C)C)c1c(C)nc2cc3nn2c1-c1ccc(C)c(c1)OC/C=C/COc1cc(F)ccc1-c1cccc-3c1. The number of hydrogen-bond acceptors (Lipinski definition) is 7. The first kappa shape index (κ1) is 31.9. The number of halogens is 1. The number of aryl methyl sites for hydroxylation is 2. The second-order valence-electron chi connectivity index (χ2n) is 12.4. The van der Waals surface area contributed by atoms with Crippen LogP contribution >= 0.6 is 0 Å². The summed E-state index contributed by atoms with van der Waals surface area (Å²) in [6.07, 6.45) is 2.64. The monoisotopic (exact) mass is 635 g/mol. The fourth-order valence-electron chi connectivity index (χ4n) is 5.68. The fourth-order valence-corrected chi connectivity index (χ4v) is 5.68. The van der Waals surface area contributed by atoms with Gasteiger partial charge in [0.05, 0.1) is 23.6 Å². The van der Waals surface area contributed by atoms with Crippen LogP contribution in [-0.2, 0) is 14.3 Å². The first-order valence-electron chi connectivity index (χ1n) is 15.7. The number of carbonyl (C=O) groups is 1. The molecular formula is C38H38FN3O5. The molecule has 0 spiro atoms. The van der Waals surface area contributed by atoms with Gasteiger partial charge in [-0.15, -0.1) is 0 Å². The Morgan fingerprint density at radius 1 is 0.936 bits per heavy atom. The molecule has 8 nitrogen and oxygen atoms in total. The predicted molar refractivity (Wildman–Crippen MR) is 179 cm³/mol.